The Hall–Kier alpha value is -1.75. The molecule has 6 unspecified atom stereocenters. The Bertz CT molecular complexity index is 745. The Balaban J connectivity index is 2.31. The minimum Gasteiger partial charge on any atom is -0.507 e. The lowest BCUT2D eigenvalue weighted by Gasteiger charge is -2.58. The van der Waals surface area contributed by atoms with Crippen LogP contribution in [0.3, 0.4) is 0 Å². The van der Waals surface area contributed by atoms with Gasteiger partial charge in [0.25, 0.3) is 0 Å². The average molecular weight is 356 g/mol. The Kier molecular flexibility index (Phi) is 3.71. The van der Waals surface area contributed by atoms with Crippen LogP contribution in [0.4, 0.5) is 0 Å². The molecule has 7 N–H and O–H groups in total. The number of aliphatic hydroxyl groups excluding tert-OH is 3. The van der Waals surface area contributed by atoms with Crippen LogP contribution in [0.25, 0.3) is 0 Å². The minimum absolute atomic E-state index is 0.0836. The summed E-state index contributed by atoms with van der Waals surface area (Å²) in [6, 6.07) is 2.26. The van der Waals surface area contributed by atoms with Gasteiger partial charge in [0.15, 0.2) is 5.60 Å². The maximum atomic E-state index is 12.8. The topological polar surface area (TPSA) is 168 Å². The minimum atomic E-state index is -3.03. The molecule has 1 aromatic rings. The van der Waals surface area contributed by atoms with Gasteiger partial charge in [-0.05, 0) is 13.0 Å². The highest BCUT2D eigenvalue weighted by molar-refractivity contribution is 6.09. The molecular weight excluding hydrogens is 336 g/mol. The van der Waals surface area contributed by atoms with Gasteiger partial charge in [-0.2, -0.15) is 0 Å². The molecule has 9 heteroatoms. The first-order valence-electron chi connectivity index (χ1n) is 7.59. The highest BCUT2D eigenvalue weighted by Crippen LogP contribution is 2.55. The number of aromatic hydroxyl groups is 1. The van der Waals surface area contributed by atoms with E-state index in [4.69, 9.17) is 4.74 Å². The van der Waals surface area contributed by atoms with Gasteiger partial charge < -0.3 is 40.5 Å². The molecule has 2 aliphatic rings. The standard InChI is InChI=1S/C16H20O9/c1-14(22)5-15(23)10(18)7-3-6(25-2)4-8(17)9(7)11(19)16(15,24)13(21)12(14)20/h3-4,10,12-13,17-18,20-24H,5H2,1-2H3. The van der Waals surface area contributed by atoms with E-state index in [2.05, 4.69) is 0 Å². The summed E-state index contributed by atoms with van der Waals surface area (Å²) >= 11 is 0. The molecule has 0 heterocycles. The summed E-state index contributed by atoms with van der Waals surface area (Å²) in [7, 11) is 1.29. The molecule has 0 saturated heterocycles. The lowest BCUT2D eigenvalue weighted by Crippen LogP contribution is -2.79. The number of ketones is 1. The number of hydrogen-bond donors (Lipinski definition) is 7. The van der Waals surface area contributed by atoms with E-state index in [0.717, 1.165) is 13.0 Å². The van der Waals surface area contributed by atoms with E-state index in [1.165, 1.54) is 13.2 Å². The summed E-state index contributed by atoms with van der Waals surface area (Å²) < 4.78 is 4.95. The van der Waals surface area contributed by atoms with Crippen LogP contribution in [-0.4, -0.2) is 77.6 Å². The van der Waals surface area contributed by atoms with Gasteiger partial charge in [0, 0.05) is 18.1 Å². The second kappa shape index (κ2) is 5.13. The number of methoxy groups -OCH3 is 1. The Morgan fingerprint density at radius 1 is 1.12 bits per heavy atom. The number of ether oxygens (including phenoxy) is 1. The summed E-state index contributed by atoms with van der Waals surface area (Å²) in [5.74, 6) is -1.83. The van der Waals surface area contributed by atoms with Crippen molar-refractivity contribution in [1.29, 1.82) is 0 Å². The number of carbonyl (C=O) groups is 1. The molecule has 3 rings (SSSR count). The van der Waals surface area contributed by atoms with Crippen molar-refractivity contribution < 1.29 is 45.3 Å². The number of Topliss-reactive ketones (excluding diaryl/α,β-unsaturated/α-hetero) is 1. The Labute approximate surface area is 142 Å². The molecule has 9 nitrogen and oxygen atoms in total. The highest BCUT2D eigenvalue weighted by Gasteiger charge is 2.73. The predicted molar refractivity (Wildman–Crippen MR) is 81.1 cm³/mol. The van der Waals surface area contributed by atoms with Crippen LogP contribution in [0, 0.1) is 0 Å². The SMILES string of the molecule is COc1cc(O)c2c(c1)C(O)C1(O)CC(C)(O)C(O)C(O)C1(O)C2=O. The third-order valence-corrected chi connectivity index (χ3v) is 5.33. The zero-order valence-corrected chi connectivity index (χ0v) is 13.5. The first kappa shape index (κ1) is 18.1. The summed E-state index contributed by atoms with van der Waals surface area (Å²) in [4.78, 5) is 12.8. The zero-order chi connectivity index (χ0) is 18.9. The van der Waals surface area contributed by atoms with E-state index in [9.17, 15) is 40.5 Å². The quantitative estimate of drug-likeness (QED) is 0.300. The first-order valence-corrected chi connectivity index (χ1v) is 7.59. The average Bonchev–Trinajstić information content (AvgIpc) is 2.54. The molecule has 25 heavy (non-hydrogen) atoms. The van der Waals surface area contributed by atoms with Gasteiger partial charge in [0.05, 0.1) is 18.3 Å². The number of fused-ring (bicyclic) bond motifs is 2. The normalized spacial score (nSPS) is 43.4. The van der Waals surface area contributed by atoms with Crippen molar-refractivity contribution in [2.75, 3.05) is 7.11 Å². The van der Waals surface area contributed by atoms with Crippen LogP contribution < -0.4 is 4.74 Å². The smallest absolute Gasteiger partial charge is 0.204 e. The molecule has 1 aromatic carbocycles. The Morgan fingerprint density at radius 3 is 2.28 bits per heavy atom. The van der Waals surface area contributed by atoms with Gasteiger partial charge in [-0.3, -0.25) is 4.79 Å². The van der Waals surface area contributed by atoms with Crippen molar-refractivity contribution in [2.45, 2.75) is 48.5 Å². The lowest BCUT2D eigenvalue weighted by atomic mass is 9.55. The van der Waals surface area contributed by atoms with Crippen molar-refractivity contribution in [2.24, 2.45) is 0 Å². The van der Waals surface area contributed by atoms with Gasteiger partial charge in [-0.1, -0.05) is 0 Å². The number of aliphatic hydroxyl groups is 6. The fraction of sp³-hybridized carbons (Fsp3) is 0.562. The number of phenolic OH excluding ortho intramolecular Hbond substituents is 1. The largest absolute Gasteiger partial charge is 0.507 e. The van der Waals surface area contributed by atoms with Crippen LogP contribution in [0.5, 0.6) is 11.5 Å². The molecule has 6 atom stereocenters. The van der Waals surface area contributed by atoms with E-state index in [-0.39, 0.29) is 11.3 Å². The molecule has 0 amide bonds. The number of phenols is 1. The van der Waals surface area contributed by atoms with Crippen molar-refractivity contribution in [3.63, 3.8) is 0 Å². The number of carbonyl (C=O) groups excluding carboxylic acids is 1. The zero-order valence-electron chi connectivity index (χ0n) is 13.5. The van der Waals surface area contributed by atoms with E-state index in [1.807, 2.05) is 0 Å². The molecule has 138 valence electrons. The summed E-state index contributed by atoms with van der Waals surface area (Å²) in [5.41, 5.74) is -8.58. The Morgan fingerprint density at radius 2 is 1.72 bits per heavy atom. The molecule has 0 radical (unpaired) electrons. The van der Waals surface area contributed by atoms with E-state index in [1.54, 1.807) is 0 Å². The highest BCUT2D eigenvalue weighted by atomic mass is 16.5. The van der Waals surface area contributed by atoms with Crippen LogP contribution >= 0.6 is 0 Å². The molecule has 0 spiro atoms. The van der Waals surface area contributed by atoms with Crippen LogP contribution in [0.2, 0.25) is 0 Å². The van der Waals surface area contributed by atoms with Crippen molar-refractivity contribution in [3.05, 3.63) is 23.3 Å². The second-order valence-electron chi connectivity index (χ2n) is 6.96. The number of rotatable bonds is 1. The monoisotopic (exact) mass is 356 g/mol. The first-order chi connectivity index (χ1) is 11.4. The fourth-order valence-electron chi connectivity index (χ4n) is 3.90. The van der Waals surface area contributed by atoms with Gasteiger partial charge in [-0.15, -0.1) is 0 Å². The molecule has 1 fully saturated rings. The second-order valence-corrected chi connectivity index (χ2v) is 6.96. The molecule has 1 saturated carbocycles. The van der Waals surface area contributed by atoms with Gasteiger partial charge >= 0.3 is 0 Å². The van der Waals surface area contributed by atoms with Crippen LogP contribution in [0.15, 0.2) is 12.1 Å². The number of hydrogen-bond acceptors (Lipinski definition) is 9. The van der Waals surface area contributed by atoms with Crippen molar-refractivity contribution in [3.8, 4) is 11.5 Å². The summed E-state index contributed by atoms with van der Waals surface area (Å²) in [5, 5.41) is 73.1. The van der Waals surface area contributed by atoms with Gasteiger partial charge in [0.1, 0.15) is 35.4 Å². The molecule has 0 bridgehead atoms. The summed E-state index contributed by atoms with van der Waals surface area (Å²) in [6.45, 7) is 1.09. The molecular formula is C16H20O9. The third kappa shape index (κ3) is 2.02. The van der Waals surface area contributed by atoms with E-state index in [0.29, 0.717) is 0 Å². The van der Waals surface area contributed by atoms with Crippen molar-refractivity contribution >= 4 is 5.78 Å². The van der Waals surface area contributed by atoms with Crippen molar-refractivity contribution in [1.82, 2.24) is 0 Å². The van der Waals surface area contributed by atoms with E-state index < -0.39 is 58.6 Å². The number of benzene rings is 1. The third-order valence-electron chi connectivity index (χ3n) is 5.33. The van der Waals surface area contributed by atoms with Gasteiger partial charge in [-0.25, -0.2) is 0 Å². The maximum absolute atomic E-state index is 12.8. The van der Waals surface area contributed by atoms with Crippen LogP contribution in [0.1, 0.15) is 35.4 Å². The summed E-state index contributed by atoms with van der Waals surface area (Å²) in [6.07, 6.45) is -7.05. The van der Waals surface area contributed by atoms with Gasteiger partial charge in [0.2, 0.25) is 5.78 Å². The molecule has 0 aliphatic heterocycles. The lowest BCUT2D eigenvalue weighted by molar-refractivity contribution is -0.301. The fourth-order valence-corrected chi connectivity index (χ4v) is 3.90. The predicted octanol–water partition coefficient (Wildman–Crippen LogP) is -2.03. The molecule has 0 aromatic heterocycles. The van der Waals surface area contributed by atoms with E-state index >= 15 is 0 Å². The maximum Gasteiger partial charge on any atom is 0.204 e. The van der Waals surface area contributed by atoms with Crippen LogP contribution in [-0.2, 0) is 0 Å². The molecule has 2 aliphatic carbocycles.